The van der Waals surface area contributed by atoms with Crippen molar-refractivity contribution in [3.05, 3.63) is 45.3 Å². The van der Waals surface area contributed by atoms with E-state index >= 15 is 0 Å². The van der Waals surface area contributed by atoms with Crippen LogP contribution in [0.3, 0.4) is 0 Å². The average Bonchev–Trinajstić information content (AvgIpc) is 3.11. The highest BCUT2D eigenvalue weighted by Gasteiger charge is 2.31. The smallest absolute Gasteiger partial charge is 0.341 e. The van der Waals surface area contributed by atoms with Crippen LogP contribution in [-0.2, 0) is 22.4 Å². The van der Waals surface area contributed by atoms with Crippen molar-refractivity contribution in [3.63, 3.8) is 0 Å². The van der Waals surface area contributed by atoms with Gasteiger partial charge in [-0.25, -0.2) is 4.79 Å². The van der Waals surface area contributed by atoms with E-state index in [1.165, 1.54) is 21.8 Å². The maximum absolute atomic E-state index is 13.1. The molecule has 0 spiro atoms. The van der Waals surface area contributed by atoms with Crippen LogP contribution < -0.4 is 10.1 Å². The van der Waals surface area contributed by atoms with Crippen LogP contribution in [0.4, 0.5) is 5.00 Å². The molecule has 1 aliphatic carbocycles. The minimum Gasteiger partial charge on any atom is -0.481 e. The van der Waals surface area contributed by atoms with E-state index in [1.54, 1.807) is 6.92 Å². The van der Waals surface area contributed by atoms with Crippen molar-refractivity contribution in [3.8, 4) is 5.75 Å². The predicted octanol–water partition coefficient (Wildman–Crippen LogP) is 5.85. The number of amides is 1. The minimum atomic E-state index is -0.639. The molecule has 0 saturated carbocycles. The highest BCUT2D eigenvalue weighted by Crippen LogP contribution is 2.41. The Labute approximate surface area is 189 Å². The van der Waals surface area contributed by atoms with Gasteiger partial charge >= 0.3 is 5.97 Å². The van der Waals surface area contributed by atoms with Crippen LogP contribution in [0, 0.1) is 19.8 Å². The number of benzene rings is 1. The second kappa shape index (κ2) is 10.3. The summed E-state index contributed by atoms with van der Waals surface area (Å²) in [6.07, 6.45) is 3.87. The molecule has 1 amide bonds. The van der Waals surface area contributed by atoms with Gasteiger partial charge in [0.25, 0.3) is 5.91 Å². The number of esters is 1. The molecule has 168 valence electrons. The normalized spacial score (nSPS) is 16.4. The lowest BCUT2D eigenvalue weighted by molar-refractivity contribution is -0.122. The molecular weight excluding hydrogens is 410 g/mol. The zero-order valence-electron chi connectivity index (χ0n) is 19.2. The first kappa shape index (κ1) is 23.3. The zero-order valence-corrected chi connectivity index (χ0v) is 20.0. The van der Waals surface area contributed by atoms with Crippen LogP contribution in [0.5, 0.6) is 5.75 Å². The topological polar surface area (TPSA) is 64.6 Å². The number of aryl methyl sites for hydroxylation is 2. The zero-order chi connectivity index (χ0) is 22.5. The number of rotatable bonds is 8. The summed E-state index contributed by atoms with van der Waals surface area (Å²) in [5, 5.41) is 3.58. The molecule has 6 heteroatoms. The number of fused-ring (bicyclic) bond motifs is 1. The molecule has 0 unspecified atom stereocenters. The SMILES string of the molecule is CCOC(=O)c1c(NC(=O)[C@H](CC)Oc2ccc(C)c(C)c2)sc2c1CC[C@H](CC)C2. The number of carbonyl (C=O) groups is 2. The molecule has 3 rings (SSSR count). The maximum Gasteiger partial charge on any atom is 0.341 e. The van der Waals surface area contributed by atoms with Gasteiger partial charge in [-0.2, -0.15) is 0 Å². The van der Waals surface area contributed by atoms with Gasteiger partial charge in [0.05, 0.1) is 12.2 Å². The third-order valence-electron chi connectivity index (χ3n) is 6.08. The van der Waals surface area contributed by atoms with Gasteiger partial charge in [-0.05, 0) is 81.2 Å². The monoisotopic (exact) mass is 443 g/mol. The molecule has 0 radical (unpaired) electrons. The molecule has 1 aliphatic rings. The number of hydrogen-bond donors (Lipinski definition) is 1. The Kier molecular flexibility index (Phi) is 7.76. The summed E-state index contributed by atoms with van der Waals surface area (Å²) in [5.74, 6) is 0.707. The molecule has 1 aromatic carbocycles. The van der Waals surface area contributed by atoms with E-state index in [2.05, 4.69) is 12.2 Å². The van der Waals surface area contributed by atoms with Gasteiger partial charge in [0, 0.05) is 4.88 Å². The van der Waals surface area contributed by atoms with Crippen molar-refractivity contribution in [1.82, 2.24) is 0 Å². The molecule has 2 atom stereocenters. The molecule has 5 nitrogen and oxygen atoms in total. The van der Waals surface area contributed by atoms with Crippen LogP contribution in [0.1, 0.15) is 72.0 Å². The van der Waals surface area contributed by atoms with E-state index in [0.717, 1.165) is 36.8 Å². The number of thiophene rings is 1. The summed E-state index contributed by atoms with van der Waals surface area (Å²) < 4.78 is 11.3. The number of carbonyl (C=O) groups excluding carboxylic acids is 2. The fourth-order valence-corrected chi connectivity index (χ4v) is 5.33. The Balaban J connectivity index is 1.83. The molecule has 0 saturated heterocycles. The first-order valence-corrected chi connectivity index (χ1v) is 12.1. The van der Waals surface area contributed by atoms with Crippen molar-refractivity contribution in [1.29, 1.82) is 0 Å². The first-order chi connectivity index (χ1) is 14.9. The summed E-state index contributed by atoms with van der Waals surface area (Å²) in [6, 6.07) is 5.83. The van der Waals surface area contributed by atoms with Crippen LogP contribution in [0.2, 0.25) is 0 Å². The number of hydrogen-bond acceptors (Lipinski definition) is 5. The Bertz CT molecular complexity index is 949. The lowest BCUT2D eigenvalue weighted by Gasteiger charge is -2.21. The van der Waals surface area contributed by atoms with Crippen LogP contribution >= 0.6 is 11.3 Å². The minimum absolute atomic E-state index is 0.239. The van der Waals surface area contributed by atoms with Gasteiger partial charge in [0.1, 0.15) is 10.8 Å². The first-order valence-electron chi connectivity index (χ1n) is 11.2. The summed E-state index contributed by atoms with van der Waals surface area (Å²) in [5.41, 5.74) is 3.88. The van der Waals surface area contributed by atoms with Gasteiger partial charge in [-0.1, -0.05) is 26.3 Å². The van der Waals surface area contributed by atoms with Gasteiger partial charge in [0.2, 0.25) is 0 Å². The number of anilines is 1. The summed E-state index contributed by atoms with van der Waals surface area (Å²) in [4.78, 5) is 27.0. The van der Waals surface area contributed by atoms with Gasteiger partial charge in [-0.3, -0.25) is 4.79 Å². The van der Waals surface area contributed by atoms with Crippen LogP contribution in [0.25, 0.3) is 0 Å². The van der Waals surface area contributed by atoms with Crippen LogP contribution in [-0.4, -0.2) is 24.6 Å². The fourth-order valence-electron chi connectivity index (χ4n) is 3.98. The fraction of sp³-hybridized carbons (Fsp3) is 0.520. The molecule has 31 heavy (non-hydrogen) atoms. The molecule has 0 aliphatic heterocycles. The Morgan fingerprint density at radius 1 is 1.19 bits per heavy atom. The second-order valence-corrected chi connectivity index (χ2v) is 9.30. The standard InChI is InChI=1S/C25H33NO4S/c1-6-17-10-12-19-21(14-17)31-24(22(19)25(28)29-8-3)26-23(27)20(7-2)30-18-11-9-15(4)16(5)13-18/h9,11,13,17,20H,6-8,10,12,14H2,1-5H3,(H,26,27)/t17-,20-/m0/s1. The molecule has 0 bridgehead atoms. The van der Waals surface area contributed by atoms with E-state index in [9.17, 15) is 9.59 Å². The maximum atomic E-state index is 13.1. The van der Waals surface area contributed by atoms with E-state index in [1.807, 2.05) is 39.0 Å². The highest BCUT2D eigenvalue weighted by molar-refractivity contribution is 7.17. The van der Waals surface area contributed by atoms with Crippen molar-refractivity contribution in [2.24, 2.45) is 5.92 Å². The largest absolute Gasteiger partial charge is 0.481 e. The molecule has 1 aromatic heterocycles. The summed E-state index contributed by atoms with van der Waals surface area (Å²) in [6.45, 7) is 10.3. The van der Waals surface area contributed by atoms with E-state index < -0.39 is 6.10 Å². The summed E-state index contributed by atoms with van der Waals surface area (Å²) >= 11 is 1.51. The molecule has 1 N–H and O–H groups in total. The highest BCUT2D eigenvalue weighted by atomic mass is 32.1. The van der Waals surface area contributed by atoms with E-state index in [0.29, 0.717) is 35.3 Å². The van der Waals surface area contributed by atoms with Gasteiger partial charge in [0.15, 0.2) is 6.10 Å². The van der Waals surface area contributed by atoms with Crippen molar-refractivity contribution in [2.45, 2.75) is 72.8 Å². The lowest BCUT2D eigenvalue weighted by Crippen LogP contribution is -2.32. The third kappa shape index (κ3) is 5.29. The number of nitrogens with one attached hydrogen (secondary N) is 1. The Morgan fingerprint density at radius 2 is 1.97 bits per heavy atom. The quantitative estimate of drug-likeness (QED) is 0.520. The second-order valence-electron chi connectivity index (χ2n) is 8.20. The Morgan fingerprint density at radius 3 is 2.61 bits per heavy atom. The van der Waals surface area contributed by atoms with Crippen molar-refractivity contribution in [2.75, 3.05) is 11.9 Å². The van der Waals surface area contributed by atoms with Crippen molar-refractivity contribution < 1.29 is 19.1 Å². The summed E-state index contributed by atoms with van der Waals surface area (Å²) in [7, 11) is 0. The molecule has 1 heterocycles. The predicted molar refractivity (Wildman–Crippen MR) is 125 cm³/mol. The van der Waals surface area contributed by atoms with Crippen LogP contribution in [0.15, 0.2) is 18.2 Å². The Hall–Kier alpha value is -2.34. The van der Waals surface area contributed by atoms with E-state index in [-0.39, 0.29) is 11.9 Å². The van der Waals surface area contributed by atoms with Crippen molar-refractivity contribution >= 4 is 28.2 Å². The molecule has 2 aromatic rings. The molecular formula is C25H33NO4S. The molecule has 0 fully saturated rings. The lowest BCUT2D eigenvalue weighted by atomic mass is 9.85. The average molecular weight is 444 g/mol. The van der Waals surface area contributed by atoms with Gasteiger partial charge in [-0.15, -0.1) is 11.3 Å². The van der Waals surface area contributed by atoms with E-state index in [4.69, 9.17) is 9.47 Å². The third-order valence-corrected chi connectivity index (χ3v) is 7.25. The number of ether oxygens (including phenoxy) is 2. The van der Waals surface area contributed by atoms with Gasteiger partial charge < -0.3 is 14.8 Å².